The van der Waals surface area contributed by atoms with Crippen molar-refractivity contribution in [3.05, 3.63) is 11.1 Å². The fourth-order valence-electron chi connectivity index (χ4n) is 3.93. The molecule has 2 aliphatic rings. The number of anilines is 1. The highest BCUT2D eigenvalue weighted by atomic mass is 32.1. The van der Waals surface area contributed by atoms with Gasteiger partial charge < -0.3 is 20.3 Å². The second-order valence-corrected chi connectivity index (χ2v) is 7.90. The van der Waals surface area contributed by atoms with Crippen LogP contribution < -0.4 is 10.6 Å². The maximum Gasteiger partial charge on any atom is 0.268 e. The van der Waals surface area contributed by atoms with Crippen molar-refractivity contribution in [3.63, 3.8) is 0 Å². The predicted octanol–water partition coefficient (Wildman–Crippen LogP) is 1.49. The lowest BCUT2D eigenvalue weighted by Crippen LogP contribution is -2.54. The minimum Gasteiger partial charge on any atom is -0.385 e. The van der Waals surface area contributed by atoms with Crippen molar-refractivity contribution < 1.29 is 14.3 Å². The first-order valence-corrected chi connectivity index (χ1v) is 9.68. The van der Waals surface area contributed by atoms with Gasteiger partial charge in [-0.05, 0) is 25.7 Å². The first-order chi connectivity index (χ1) is 12.0. The molecular formula is C17H26N4O3S. The van der Waals surface area contributed by atoms with Crippen LogP contribution >= 0.6 is 11.3 Å². The summed E-state index contributed by atoms with van der Waals surface area (Å²) in [5.41, 5.74) is 5.77. The van der Waals surface area contributed by atoms with Crippen molar-refractivity contribution in [2.24, 2.45) is 11.1 Å². The van der Waals surface area contributed by atoms with Gasteiger partial charge in [-0.25, -0.2) is 4.98 Å². The van der Waals surface area contributed by atoms with Crippen LogP contribution in [0.5, 0.6) is 0 Å². The van der Waals surface area contributed by atoms with E-state index in [1.54, 1.807) is 12.5 Å². The summed E-state index contributed by atoms with van der Waals surface area (Å²) in [6.07, 6.45) is 4.62. The number of nitrogens with two attached hydrogens (primary N) is 1. The van der Waals surface area contributed by atoms with Crippen molar-refractivity contribution in [1.29, 1.82) is 0 Å². The van der Waals surface area contributed by atoms with E-state index in [-0.39, 0.29) is 11.3 Å². The summed E-state index contributed by atoms with van der Waals surface area (Å²) in [6, 6.07) is 0. The second kappa shape index (κ2) is 7.70. The molecule has 2 saturated heterocycles. The lowest BCUT2D eigenvalue weighted by molar-refractivity contribution is -0.138. The van der Waals surface area contributed by atoms with Crippen LogP contribution in [0.4, 0.5) is 5.13 Å². The zero-order chi connectivity index (χ0) is 17.9. The Kier molecular flexibility index (Phi) is 5.58. The largest absolute Gasteiger partial charge is 0.385 e. The predicted molar refractivity (Wildman–Crippen MR) is 96.8 cm³/mol. The van der Waals surface area contributed by atoms with Gasteiger partial charge in [-0.15, -0.1) is 11.3 Å². The average Bonchev–Trinajstić information content (AvgIpc) is 3.09. The highest BCUT2D eigenvalue weighted by Crippen LogP contribution is 2.40. The molecule has 8 heteroatoms. The third-order valence-corrected chi connectivity index (χ3v) is 6.10. The van der Waals surface area contributed by atoms with Crippen molar-refractivity contribution >= 4 is 28.3 Å². The monoisotopic (exact) mass is 366 g/mol. The summed E-state index contributed by atoms with van der Waals surface area (Å²) in [5, 5.41) is 2.58. The van der Waals surface area contributed by atoms with Gasteiger partial charge in [-0.3, -0.25) is 9.59 Å². The minimum absolute atomic E-state index is 0.123. The van der Waals surface area contributed by atoms with E-state index in [9.17, 15) is 9.59 Å². The van der Waals surface area contributed by atoms with Crippen LogP contribution in [0.1, 0.15) is 42.6 Å². The molecular weight excluding hydrogens is 340 g/mol. The molecule has 1 spiro atoms. The van der Waals surface area contributed by atoms with Crippen molar-refractivity contribution in [2.45, 2.75) is 32.1 Å². The molecule has 1 aromatic rings. The molecule has 1 aromatic heterocycles. The highest BCUT2D eigenvalue weighted by Gasteiger charge is 2.42. The molecule has 25 heavy (non-hydrogen) atoms. The molecule has 2 fully saturated rings. The number of methoxy groups -OCH3 is 1. The molecule has 1 atom stereocenters. The van der Waals surface area contributed by atoms with E-state index < -0.39 is 5.91 Å². The number of rotatable bonds is 6. The fraction of sp³-hybridized carbons (Fsp3) is 0.706. The number of carbonyl (C=O) groups excluding carboxylic acids is 2. The van der Waals surface area contributed by atoms with Gasteiger partial charge in [0, 0.05) is 57.1 Å². The van der Waals surface area contributed by atoms with Crippen LogP contribution in [0.2, 0.25) is 0 Å². The number of hydrogen-bond acceptors (Lipinski definition) is 6. The van der Waals surface area contributed by atoms with E-state index in [0.717, 1.165) is 57.0 Å². The maximum absolute atomic E-state index is 12.3. The summed E-state index contributed by atoms with van der Waals surface area (Å²) in [7, 11) is 1.69. The molecule has 2 aliphatic heterocycles. The van der Waals surface area contributed by atoms with Gasteiger partial charge >= 0.3 is 0 Å². The molecule has 3 heterocycles. The molecule has 7 nitrogen and oxygen atoms in total. The number of hydrogen-bond donors (Lipinski definition) is 1. The van der Waals surface area contributed by atoms with E-state index in [4.69, 9.17) is 10.5 Å². The normalized spacial score (nSPS) is 24.1. The Morgan fingerprint density at radius 2 is 2.28 bits per heavy atom. The molecule has 0 aliphatic carbocycles. The quantitative estimate of drug-likeness (QED) is 0.771. The number of piperidine rings is 2. The number of primary amides is 1. The molecule has 0 unspecified atom stereocenters. The summed E-state index contributed by atoms with van der Waals surface area (Å²) in [6.45, 7) is 4.06. The first-order valence-electron chi connectivity index (χ1n) is 8.80. The molecule has 2 amide bonds. The first kappa shape index (κ1) is 18.1. The minimum atomic E-state index is -0.484. The third-order valence-electron chi connectivity index (χ3n) is 5.20. The summed E-state index contributed by atoms with van der Waals surface area (Å²) >= 11 is 1.47. The van der Waals surface area contributed by atoms with E-state index in [0.29, 0.717) is 18.7 Å². The Labute approximate surface area is 152 Å². The lowest BCUT2D eigenvalue weighted by Gasteiger charge is -2.48. The lowest BCUT2D eigenvalue weighted by atomic mass is 9.73. The standard InChI is InChI=1S/C17H26N4O3S/c1-24-9-3-8-20-11-17(6-4-14(20)22)5-2-7-21(12-17)16-19-13(10-25-16)15(18)23/h10H,2-9,11-12H2,1H3,(H2,18,23)/t17-/m0/s1. The smallest absolute Gasteiger partial charge is 0.268 e. The van der Waals surface area contributed by atoms with Crippen LogP contribution in [-0.4, -0.2) is 61.6 Å². The van der Waals surface area contributed by atoms with Gasteiger partial charge in [0.05, 0.1) is 0 Å². The molecule has 0 bridgehead atoms. The number of amides is 2. The van der Waals surface area contributed by atoms with E-state index in [1.165, 1.54) is 11.3 Å². The van der Waals surface area contributed by atoms with Crippen LogP contribution in [-0.2, 0) is 9.53 Å². The topological polar surface area (TPSA) is 88.8 Å². The molecule has 2 N–H and O–H groups in total. The SMILES string of the molecule is COCCCN1C[C@]2(CCCN(c3nc(C(N)=O)cs3)C2)CCC1=O. The Balaban J connectivity index is 1.68. The number of ether oxygens (including phenoxy) is 1. The zero-order valence-electron chi connectivity index (χ0n) is 14.7. The Hall–Kier alpha value is -1.67. The molecule has 3 rings (SSSR count). The van der Waals surface area contributed by atoms with Crippen LogP contribution in [0.25, 0.3) is 0 Å². The van der Waals surface area contributed by atoms with Crippen LogP contribution in [0, 0.1) is 5.41 Å². The Morgan fingerprint density at radius 3 is 3.00 bits per heavy atom. The van der Waals surface area contributed by atoms with Crippen molar-refractivity contribution in [3.8, 4) is 0 Å². The van der Waals surface area contributed by atoms with Gasteiger partial charge in [0.15, 0.2) is 5.13 Å². The summed E-state index contributed by atoms with van der Waals surface area (Å²) in [5.74, 6) is -0.231. The molecule has 0 aromatic carbocycles. The molecule has 138 valence electrons. The van der Waals surface area contributed by atoms with Crippen LogP contribution in [0.3, 0.4) is 0 Å². The average molecular weight is 366 g/mol. The van der Waals surface area contributed by atoms with Gasteiger partial charge in [0.1, 0.15) is 5.69 Å². The number of thiazole rings is 1. The van der Waals surface area contributed by atoms with Crippen molar-refractivity contribution in [2.75, 3.05) is 44.8 Å². The molecule has 0 radical (unpaired) electrons. The number of carbonyl (C=O) groups is 2. The fourth-order valence-corrected chi connectivity index (χ4v) is 4.77. The Morgan fingerprint density at radius 1 is 1.44 bits per heavy atom. The highest BCUT2D eigenvalue weighted by molar-refractivity contribution is 7.13. The Bertz CT molecular complexity index is 635. The third kappa shape index (κ3) is 4.12. The second-order valence-electron chi connectivity index (χ2n) is 7.07. The number of aromatic nitrogens is 1. The van der Waals surface area contributed by atoms with Crippen molar-refractivity contribution in [1.82, 2.24) is 9.88 Å². The van der Waals surface area contributed by atoms with Gasteiger partial charge in [-0.2, -0.15) is 0 Å². The van der Waals surface area contributed by atoms with E-state index in [2.05, 4.69) is 9.88 Å². The summed E-state index contributed by atoms with van der Waals surface area (Å²) in [4.78, 5) is 32.2. The number of nitrogens with zero attached hydrogens (tertiary/aromatic N) is 3. The van der Waals surface area contributed by atoms with E-state index in [1.807, 2.05) is 4.90 Å². The van der Waals surface area contributed by atoms with Gasteiger partial charge in [0.25, 0.3) is 5.91 Å². The summed E-state index contributed by atoms with van der Waals surface area (Å²) < 4.78 is 5.11. The van der Waals surface area contributed by atoms with Crippen LogP contribution in [0.15, 0.2) is 5.38 Å². The zero-order valence-corrected chi connectivity index (χ0v) is 15.5. The number of likely N-dealkylation sites (tertiary alicyclic amines) is 1. The van der Waals surface area contributed by atoms with E-state index >= 15 is 0 Å². The maximum atomic E-state index is 12.3. The van der Waals surface area contributed by atoms with Gasteiger partial charge in [0.2, 0.25) is 5.91 Å². The van der Waals surface area contributed by atoms with Gasteiger partial charge in [-0.1, -0.05) is 0 Å². The molecule has 0 saturated carbocycles.